The molecule has 1 aromatic carbocycles. The van der Waals surface area contributed by atoms with Crippen LogP contribution in [0.25, 0.3) is 0 Å². The molecule has 2 N–H and O–H groups in total. The van der Waals surface area contributed by atoms with Gasteiger partial charge in [-0.15, -0.1) is 0 Å². The Morgan fingerprint density at radius 3 is 2.50 bits per heavy atom. The van der Waals surface area contributed by atoms with Gasteiger partial charge in [-0.05, 0) is 44.2 Å². The molecule has 1 atom stereocenters. The lowest BCUT2D eigenvalue weighted by Gasteiger charge is -2.25. The molecule has 0 saturated carbocycles. The maximum absolute atomic E-state index is 12.7. The number of phenols is 2. The fourth-order valence-corrected chi connectivity index (χ4v) is 4.55. The molecule has 1 aliphatic carbocycles. The summed E-state index contributed by atoms with van der Waals surface area (Å²) in [5.74, 6) is -0.488. The van der Waals surface area contributed by atoms with E-state index in [4.69, 9.17) is 0 Å². The maximum atomic E-state index is 12.7. The summed E-state index contributed by atoms with van der Waals surface area (Å²) in [5, 5.41) is 21.3. The predicted molar refractivity (Wildman–Crippen MR) is 95.0 cm³/mol. The van der Waals surface area contributed by atoms with E-state index in [0.29, 0.717) is 17.5 Å². The summed E-state index contributed by atoms with van der Waals surface area (Å²) in [5.41, 5.74) is 1.98. The monoisotopic (exact) mass is 353 g/mol. The molecule has 0 bridgehead atoms. The third kappa shape index (κ3) is 3.44. The lowest BCUT2D eigenvalue weighted by molar-refractivity contribution is 0.413. The Morgan fingerprint density at radius 2 is 1.96 bits per heavy atom. The van der Waals surface area contributed by atoms with Crippen LogP contribution in [0.1, 0.15) is 56.6 Å². The number of hydrogen-bond donors (Lipinski definition) is 2. The molecule has 0 radical (unpaired) electrons. The quantitative estimate of drug-likeness (QED) is 0.794. The summed E-state index contributed by atoms with van der Waals surface area (Å²) in [6.45, 7) is 3.95. The van der Waals surface area contributed by atoms with E-state index >= 15 is 0 Å². The number of allylic oxidation sites excluding steroid dienone is 2. The fraction of sp³-hybridized carbons (Fsp3) is 0.556. The van der Waals surface area contributed by atoms with Gasteiger partial charge in [0.05, 0.1) is 0 Å². The fourth-order valence-electron chi connectivity index (χ4n) is 3.33. The first-order chi connectivity index (χ1) is 11.2. The molecule has 24 heavy (non-hydrogen) atoms. The van der Waals surface area contributed by atoms with E-state index in [2.05, 4.69) is 0 Å². The Kier molecular flexibility index (Phi) is 5.60. The van der Waals surface area contributed by atoms with Crippen LogP contribution in [0, 0.1) is 0 Å². The number of sulfonamides is 1. The first-order valence-electron chi connectivity index (χ1n) is 8.37. The molecular weight excluding hydrogens is 326 g/mol. The zero-order valence-electron chi connectivity index (χ0n) is 14.8. The van der Waals surface area contributed by atoms with Crippen molar-refractivity contribution in [3.05, 3.63) is 28.8 Å². The van der Waals surface area contributed by atoms with Crippen LogP contribution in [0.5, 0.6) is 11.5 Å². The highest BCUT2D eigenvalue weighted by atomic mass is 32.2. The van der Waals surface area contributed by atoms with Crippen molar-refractivity contribution >= 4 is 10.0 Å². The average Bonchev–Trinajstić information content (AvgIpc) is 2.46. The number of nitrogens with zero attached hydrogens (tertiary/aromatic N) is 1. The van der Waals surface area contributed by atoms with Gasteiger partial charge in [-0.2, -0.15) is 0 Å². The van der Waals surface area contributed by atoms with Crippen molar-refractivity contribution in [2.45, 2.75) is 56.8 Å². The van der Waals surface area contributed by atoms with Crippen molar-refractivity contribution in [1.82, 2.24) is 4.31 Å². The Morgan fingerprint density at radius 1 is 1.29 bits per heavy atom. The van der Waals surface area contributed by atoms with Crippen LogP contribution >= 0.6 is 0 Å². The molecule has 1 unspecified atom stereocenters. The topological polar surface area (TPSA) is 77.8 Å². The van der Waals surface area contributed by atoms with Gasteiger partial charge in [0.1, 0.15) is 16.4 Å². The normalized spacial score (nSPS) is 18.7. The molecule has 1 aromatic rings. The van der Waals surface area contributed by atoms with Gasteiger partial charge in [0, 0.05) is 25.6 Å². The number of rotatable bonds is 5. The van der Waals surface area contributed by atoms with Crippen molar-refractivity contribution in [2.24, 2.45) is 0 Å². The minimum atomic E-state index is -3.80. The van der Waals surface area contributed by atoms with E-state index < -0.39 is 10.0 Å². The van der Waals surface area contributed by atoms with Crippen LogP contribution in [0.15, 0.2) is 22.6 Å². The summed E-state index contributed by atoms with van der Waals surface area (Å²) in [6.07, 6.45) is 5.95. The molecule has 0 fully saturated rings. The van der Waals surface area contributed by atoms with Crippen molar-refractivity contribution in [2.75, 3.05) is 14.1 Å². The molecule has 2 rings (SSSR count). The van der Waals surface area contributed by atoms with Crippen molar-refractivity contribution in [1.29, 1.82) is 0 Å². The smallest absolute Gasteiger partial charge is 0.246 e. The molecule has 0 aromatic heterocycles. The summed E-state index contributed by atoms with van der Waals surface area (Å²) in [6, 6.07) is 1.51. The Bertz CT molecular complexity index is 751. The number of benzene rings is 1. The van der Waals surface area contributed by atoms with E-state index in [9.17, 15) is 18.6 Å². The van der Waals surface area contributed by atoms with Gasteiger partial charge >= 0.3 is 0 Å². The van der Waals surface area contributed by atoms with E-state index in [0.717, 1.165) is 30.0 Å². The molecule has 0 saturated heterocycles. The number of aryl methyl sites for hydroxylation is 1. The molecule has 134 valence electrons. The molecule has 6 heteroatoms. The summed E-state index contributed by atoms with van der Waals surface area (Å²) in [4.78, 5) is -0.0706. The highest BCUT2D eigenvalue weighted by Crippen LogP contribution is 2.45. The predicted octanol–water partition coefficient (Wildman–Crippen LogP) is 3.51. The molecule has 0 aliphatic heterocycles. The summed E-state index contributed by atoms with van der Waals surface area (Å²) >= 11 is 0. The SMILES string of the molecule is CCCc1cc(O)c(C2C=C(C)CCC2)c(O)c1S(=O)(=O)N(C)C. The molecule has 5 nitrogen and oxygen atoms in total. The standard InChI is InChI=1S/C18H27NO4S/c1-5-7-14-11-15(20)16(13-9-6-8-12(2)10-13)17(21)18(14)24(22,23)19(3)4/h10-11,13,20-21H,5-9H2,1-4H3. The molecule has 0 spiro atoms. The molecular formula is C18H27NO4S. The summed E-state index contributed by atoms with van der Waals surface area (Å²) < 4.78 is 26.6. The Hall–Kier alpha value is -1.53. The van der Waals surface area contributed by atoms with Gasteiger partial charge in [0.15, 0.2) is 0 Å². The molecule has 1 aliphatic rings. The minimum Gasteiger partial charge on any atom is -0.507 e. The Balaban J connectivity index is 2.73. The third-order valence-electron chi connectivity index (χ3n) is 4.55. The maximum Gasteiger partial charge on any atom is 0.246 e. The van der Waals surface area contributed by atoms with Crippen molar-refractivity contribution in [3.8, 4) is 11.5 Å². The number of phenolic OH excluding ortho intramolecular Hbond substituents is 2. The molecule has 0 amide bonds. The van der Waals surface area contributed by atoms with E-state index in [1.54, 1.807) is 0 Å². The van der Waals surface area contributed by atoms with E-state index in [1.165, 1.54) is 25.7 Å². The second kappa shape index (κ2) is 7.15. The van der Waals surface area contributed by atoms with Crippen LogP contribution < -0.4 is 0 Å². The lowest BCUT2D eigenvalue weighted by atomic mass is 9.84. The highest BCUT2D eigenvalue weighted by Gasteiger charge is 2.31. The zero-order chi connectivity index (χ0) is 18.1. The Labute approximate surface area is 144 Å². The van der Waals surface area contributed by atoms with Gasteiger partial charge in [-0.1, -0.05) is 25.0 Å². The average molecular weight is 353 g/mol. The van der Waals surface area contributed by atoms with Crippen molar-refractivity contribution in [3.63, 3.8) is 0 Å². The van der Waals surface area contributed by atoms with Crippen LogP contribution in [0.2, 0.25) is 0 Å². The largest absolute Gasteiger partial charge is 0.507 e. The van der Waals surface area contributed by atoms with Gasteiger partial charge in [0.2, 0.25) is 10.0 Å². The van der Waals surface area contributed by atoms with Crippen LogP contribution in [0.4, 0.5) is 0 Å². The van der Waals surface area contributed by atoms with E-state index in [1.807, 2.05) is 19.9 Å². The second-order valence-corrected chi connectivity index (χ2v) is 8.78. The lowest BCUT2D eigenvalue weighted by Crippen LogP contribution is -2.24. The highest BCUT2D eigenvalue weighted by molar-refractivity contribution is 7.89. The minimum absolute atomic E-state index is 0.0235. The van der Waals surface area contributed by atoms with Gasteiger partial charge in [-0.3, -0.25) is 0 Å². The second-order valence-electron chi connectivity index (χ2n) is 6.70. The first-order valence-corrected chi connectivity index (χ1v) is 9.81. The van der Waals surface area contributed by atoms with Gasteiger partial charge in [-0.25, -0.2) is 12.7 Å². The van der Waals surface area contributed by atoms with Crippen LogP contribution in [0.3, 0.4) is 0 Å². The van der Waals surface area contributed by atoms with Crippen molar-refractivity contribution < 1.29 is 18.6 Å². The van der Waals surface area contributed by atoms with Crippen LogP contribution in [-0.4, -0.2) is 37.0 Å². The van der Waals surface area contributed by atoms with Gasteiger partial charge in [0.25, 0.3) is 0 Å². The number of aromatic hydroxyl groups is 2. The first kappa shape index (κ1) is 18.8. The van der Waals surface area contributed by atoms with Crippen LogP contribution in [-0.2, 0) is 16.4 Å². The number of hydrogen-bond acceptors (Lipinski definition) is 4. The zero-order valence-corrected chi connectivity index (χ0v) is 15.7. The van der Waals surface area contributed by atoms with E-state index in [-0.39, 0.29) is 22.3 Å². The molecule has 0 heterocycles. The summed E-state index contributed by atoms with van der Waals surface area (Å²) in [7, 11) is -0.908. The van der Waals surface area contributed by atoms with Gasteiger partial charge < -0.3 is 10.2 Å². The third-order valence-corrected chi connectivity index (χ3v) is 6.48.